The standard InChI is InChI=1S/C28H46FNO3/c1-3-4-5-6-7-8-9-10-11-12-13-14-15-16-17-18-22-33-28(32)24(2)30-27(31)25-20-19-21-26(29)23-25/h19-21,23-24H,3-18,22H2,1-2H3,(H,30,31). The number of esters is 1. The van der Waals surface area contributed by atoms with Crippen LogP contribution in [0.5, 0.6) is 0 Å². The summed E-state index contributed by atoms with van der Waals surface area (Å²) >= 11 is 0. The predicted molar refractivity (Wildman–Crippen MR) is 134 cm³/mol. The number of amides is 1. The Kier molecular flexibility index (Phi) is 17.3. The third kappa shape index (κ3) is 15.5. The molecule has 1 unspecified atom stereocenters. The molecule has 0 radical (unpaired) electrons. The zero-order valence-corrected chi connectivity index (χ0v) is 21.0. The van der Waals surface area contributed by atoms with Crippen molar-refractivity contribution in [3.63, 3.8) is 0 Å². The van der Waals surface area contributed by atoms with Gasteiger partial charge in [0.15, 0.2) is 0 Å². The predicted octanol–water partition coefficient (Wildman–Crippen LogP) is 7.75. The van der Waals surface area contributed by atoms with E-state index in [0.717, 1.165) is 18.9 Å². The van der Waals surface area contributed by atoms with Crippen LogP contribution in [0.25, 0.3) is 0 Å². The highest BCUT2D eigenvalue weighted by molar-refractivity contribution is 5.96. The van der Waals surface area contributed by atoms with Gasteiger partial charge in [0.25, 0.3) is 5.91 Å². The monoisotopic (exact) mass is 463 g/mol. The van der Waals surface area contributed by atoms with E-state index in [1.165, 1.54) is 108 Å². The van der Waals surface area contributed by atoms with Crippen LogP contribution < -0.4 is 5.32 Å². The third-order valence-electron chi connectivity index (χ3n) is 6.03. The molecule has 0 aliphatic rings. The van der Waals surface area contributed by atoms with Gasteiger partial charge in [-0.25, -0.2) is 9.18 Å². The molecule has 33 heavy (non-hydrogen) atoms. The first-order valence-corrected chi connectivity index (χ1v) is 13.3. The SMILES string of the molecule is CCCCCCCCCCCCCCCCCCOC(=O)C(C)NC(=O)c1cccc(F)c1. The molecular weight excluding hydrogens is 417 g/mol. The number of unbranched alkanes of at least 4 members (excludes halogenated alkanes) is 15. The Labute approximate surface area is 201 Å². The molecule has 1 aromatic rings. The summed E-state index contributed by atoms with van der Waals surface area (Å²) < 4.78 is 18.5. The lowest BCUT2D eigenvalue weighted by Crippen LogP contribution is -2.39. The van der Waals surface area contributed by atoms with Crippen molar-refractivity contribution in [2.24, 2.45) is 0 Å². The number of carbonyl (C=O) groups is 2. The summed E-state index contributed by atoms with van der Waals surface area (Å²) in [6.07, 6.45) is 20.8. The van der Waals surface area contributed by atoms with Crippen LogP contribution in [0.4, 0.5) is 4.39 Å². The fraction of sp³-hybridized carbons (Fsp3) is 0.714. The highest BCUT2D eigenvalue weighted by Gasteiger charge is 2.18. The van der Waals surface area contributed by atoms with Crippen molar-refractivity contribution >= 4 is 11.9 Å². The summed E-state index contributed by atoms with van der Waals surface area (Å²) in [7, 11) is 0. The van der Waals surface area contributed by atoms with Crippen molar-refractivity contribution < 1.29 is 18.7 Å². The molecule has 1 N–H and O–H groups in total. The largest absolute Gasteiger partial charge is 0.464 e. The Morgan fingerprint density at radius 3 is 1.79 bits per heavy atom. The van der Waals surface area contributed by atoms with Crippen molar-refractivity contribution in [2.45, 2.75) is 123 Å². The van der Waals surface area contributed by atoms with Gasteiger partial charge in [0.1, 0.15) is 11.9 Å². The maximum atomic E-state index is 13.2. The maximum Gasteiger partial charge on any atom is 0.328 e. The average molecular weight is 464 g/mol. The van der Waals surface area contributed by atoms with Crippen LogP contribution in [-0.2, 0) is 9.53 Å². The topological polar surface area (TPSA) is 55.4 Å². The minimum Gasteiger partial charge on any atom is -0.464 e. The second-order valence-electron chi connectivity index (χ2n) is 9.18. The first-order valence-electron chi connectivity index (χ1n) is 13.3. The zero-order chi connectivity index (χ0) is 24.2. The number of halogens is 1. The first kappa shape index (κ1) is 29.1. The molecule has 1 amide bonds. The first-order chi connectivity index (χ1) is 16.0. The van der Waals surface area contributed by atoms with Crippen LogP contribution in [0.3, 0.4) is 0 Å². The van der Waals surface area contributed by atoms with Crippen molar-refractivity contribution in [2.75, 3.05) is 6.61 Å². The minimum absolute atomic E-state index is 0.187. The molecule has 1 rings (SSSR count). The number of hydrogen-bond donors (Lipinski definition) is 1. The van der Waals surface area contributed by atoms with Gasteiger partial charge in [-0.1, -0.05) is 109 Å². The van der Waals surface area contributed by atoms with Crippen molar-refractivity contribution in [1.29, 1.82) is 0 Å². The van der Waals surface area contributed by atoms with Crippen LogP contribution >= 0.6 is 0 Å². The molecular formula is C28H46FNO3. The smallest absolute Gasteiger partial charge is 0.328 e. The molecule has 0 saturated carbocycles. The van der Waals surface area contributed by atoms with E-state index in [-0.39, 0.29) is 5.56 Å². The molecule has 0 heterocycles. The fourth-order valence-electron chi connectivity index (χ4n) is 3.92. The van der Waals surface area contributed by atoms with Gasteiger partial charge in [-0.2, -0.15) is 0 Å². The van der Waals surface area contributed by atoms with Crippen molar-refractivity contribution in [1.82, 2.24) is 5.32 Å². The van der Waals surface area contributed by atoms with Gasteiger partial charge < -0.3 is 10.1 Å². The number of benzene rings is 1. The molecule has 0 bridgehead atoms. The molecule has 0 aromatic heterocycles. The summed E-state index contributed by atoms with van der Waals surface area (Å²) in [5, 5.41) is 2.55. The minimum atomic E-state index is -0.762. The van der Waals surface area contributed by atoms with Gasteiger partial charge >= 0.3 is 5.97 Å². The quantitative estimate of drug-likeness (QED) is 0.159. The summed E-state index contributed by atoms with van der Waals surface area (Å²) in [5.41, 5.74) is 0.187. The molecule has 0 spiro atoms. The second-order valence-corrected chi connectivity index (χ2v) is 9.18. The van der Waals surface area contributed by atoms with E-state index in [9.17, 15) is 14.0 Å². The Morgan fingerprint density at radius 2 is 1.30 bits per heavy atom. The Balaban J connectivity index is 1.90. The Bertz CT molecular complexity index is 650. The number of ether oxygens (including phenoxy) is 1. The number of rotatable bonds is 20. The summed E-state index contributed by atoms with van der Waals surface area (Å²) in [4.78, 5) is 24.1. The highest BCUT2D eigenvalue weighted by Crippen LogP contribution is 2.13. The van der Waals surface area contributed by atoms with Crippen LogP contribution in [-0.4, -0.2) is 24.5 Å². The van der Waals surface area contributed by atoms with Gasteiger partial charge in [-0.05, 0) is 31.5 Å². The lowest BCUT2D eigenvalue weighted by Gasteiger charge is -2.13. The lowest BCUT2D eigenvalue weighted by molar-refractivity contribution is -0.145. The molecule has 0 fully saturated rings. The molecule has 0 aliphatic heterocycles. The van der Waals surface area contributed by atoms with E-state index in [0.29, 0.717) is 6.61 Å². The van der Waals surface area contributed by atoms with E-state index < -0.39 is 23.7 Å². The van der Waals surface area contributed by atoms with Crippen LogP contribution in [0.2, 0.25) is 0 Å². The van der Waals surface area contributed by atoms with Gasteiger partial charge in [-0.3, -0.25) is 4.79 Å². The van der Waals surface area contributed by atoms with E-state index in [2.05, 4.69) is 12.2 Å². The van der Waals surface area contributed by atoms with Crippen LogP contribution in [0.1, 0.15) is 127 Å². The second kappa shape index (κ2) is 19.5. The maximum absolute atomic E-state index is 13.2. The highest BCUT2D eigenvalue weighted by atomic mass is 19.1. The fourth-order valence-corrected chi connectivity index (χ4v) is 3.92. The average Bonchev–Trinajstić information content (AvgIpc) is 2.80. The van der Waals surface area contributed by atoms with Crippen molar-refractivity contribution in [3.8, 4) is 0 Å². The van der Waals surface area contributed by atoms with E-state index in [4.69, 9.17) is 4.74 Å². The molecule has 0 saturated heterocycles. The third-order valence-corrected chi connectivity index (χ3v) is 6.03. The van der Waals surface area contributed by atoms with Gasteiger partial charge in [-0.15, -0.1) is 0 Å². The van der Waals surface area contributed by atoms with E-state index >= 15 is 0 Å². The zero-order valence-electron chi connectivity index (χ0n) is 21.0. The number of carbonyl (C=O) groups excluding carboxylic acids is 2. The molecule has 1 atom stereocenters. The van der Waals surface area contributed by atoms with Crippen LogP contribution in [0.15, 0.2) is 24.3 Å². The van der Waals surface area contributed by atoms with E-state index in [1.54, 1.807) is 6.92 Å². The summed E-state index contributed by atoms with van der Waals surface area (Å²) in [6, 6.07) is 4.62. The molecule has 1 aromatic carbocycles. The molecule has 188 valence electrons. The number of nitrogens with one attached hydrogen (secondary N) is 1. The molecule has 0 aliphatic carbocycles. The van der Waals surface area contributed by atoms with E-state index in [1.807, 2.05) is 0 Å². The normalized spacial score (nSPS) is 11.8. The summed E-state index contributed by atoms with van der Waals surface area (Å²) in [6.45, 7) is 4.22. The molecule has 5 heteroatoms. The Hall–Kier alpha value is -1.91. The Morgan fingerprint density at radius 1 is 0.818 bits per heavy atom. The number of hydrogen-bond acceptors (Lipinski definition) is 3. The van der Waals surface area contributed by atoms with Crippen molar-refractivity contribution in [3.05, 3.63) is 35.6 Å². The van der Waals surface area contributed by atoms with Gasteiger partial charge in [0.05, 0.1) is 6.61 Å². The lowest BCUT2D eigenvalue weighted by atomic mass is 10.0. The van der Waals surface area contributed by atoms with Crippen LogP contribution in [0, 0.1) is 5.82 Å². The van der Waals surface area contributed by atoms with Gasteiger partial charge in [0.2, 0.25) is 0 Å². The summed E-state index contributed by atoms with van der Waals surface area (Å²) in [5.74, 6) is -1.43. The molecule has 4 nitrogen and oxygen atoms in total. The van der Waals surface area contributed by atoms with Gasteiger partial charge in [0, 0.05) is 5.56 Å².